The number of carbonyl (C=O) groups excluding carboxylic acids is 1. The van der Waals surface area contributed by atoms with Gasteiger partial charge < -0.3 is 4.90 Å². The zero-order chi connectivity index (χ0) is 13.7. The fraction of sp³-hybridized carbons (Fsp3) is 0.562. The molecule has 3 nitrogen and oxygen atoms in total. The topological polar surface area (TPSA) is 23.6 Å². The van der Waals surface area contributed by atoms with Gasteiger partial charge in [0.25, 0.3) is 0 Å². The van der Waals surface area contributed by atoms with Crippen molar-refractivity contribution in [2.75, 3.05) is 20.1 Å². The lowest BCUT2D eigenvalue weighted by Gasteiger charge is -2.35. The second kappa shape index (κ2) is 6.71. The highest BCUT2D eigenvalue weighted by Crippen LogP contribution is 2.18. The van der Waals surface area contributed by atoms with Crippen LogP contribution in [0.25, 0.3) is 0 Å². The summed E-state index contributed by atoms with van der Waals surface area (Å²) in [5, 5.41) is 0. The molecule has 1 heterocycles. The van der Waals surface area contributed by atoms with Crippen LogP contribution in [0.3, 0.4) is 0 Å². The Morgan fingerprint density at radius 2 is 2.05 bits per heavy atom. The lowest BCUT2D eigenvalue weighted by molar-refractivity contribution is -0.138. The number of carbonyl (C=O) groups is 1. The van der Waals surface area contributed by atoms with Crippen molar-refractivity contribution in [2.45, 2.75) is 38.8 Å². The smallest absolute Gasteiger partial charge is 0.240 e. The van der Waals surface area contributed by atoms with Gasteiger partial charge in [-0.05, 0) is 38.9 Å². The van der Waals surface area contributed by atoms with E-state index in [0.29, 0.717) is 0 Å². The maximum Gasteiger partial charge on any atom is 0.240 e. The molecule has 2 rings (SSSR count). The molecule has 1 saturated heterocycles. The Kier molecular flexibility index (Phi) is 4.97. The molecule has 0 aliphatic carbocycles. The fourth-order valence-electron chi connectivity index (χ4n) is 2.75. The molecule has 0 spiro atoms. The van der Waals surface area contributed by atoms with Gasteiger partial charge in [-0.25, -0.2) is 0 Å². The Bertz CT molecular complexity index is 404. The third-order valence-corrected chi connectivity index (χ3v) is 3.97. The number of hydrogen-bond donors (Lipinski definition) is 0. The van der Waals surface area contributed by atoms with E-state index in [2.05, 4.69) is 31.0 Å². The van der Waals surface area contributed by atoms with Crippen molar-refractivity contribution in [3.8, 4) is 0 Å². The van der Waals surface area contributed by atoms with Crippen molar-refractivity contribution in [3.63, 3.8) is 0 Å². The lowest BCUT2D eigenvalue weighted by atomic mass is 10.0. The summed E-state index contributed by atoms with van der Waals surface area (Å²) in [6.45, 7) is 4.60. The Morgan fingerprint density at radius 1 is 1.32 bits per heavy atom. The minimum Gasteiger partial charge on any atom is -0.337 e. The van der Waals surface area contributed by atoms with E-state index in [1.807, 2.05) is 23.1 Å². The average molecular weight is 260 g/mol. The van der Waals surface area contributed by atoms with Crippen LogP contribution in [-0.4, -0.2) is 41.9 Å². The third-order valence-electron chi connectivity index (χ3n) is 3.97. The van der Waals surface area contributed by atoms with Crippen molar-refractivity contribution in [2.24, 2.45) is 0 Å². The zero-order valence-corrected chi connectivity index (χ0v) is 12.0. The summed E-state index contributed by atoms with van der Waals surface area (Å²) in [5.41, 5.74) is 1.20. The van der Waals surface area contributed by atoms with Crippen molar-refractivity contribution in [3.05, 3.63) is 35.9 Å². The first-order valence-corrected chi connectivity index (χ1v) is 7.25. The Morgan fingerprint density at radius 3 is 2.68 bits per heavy atom. The van der Waals surface area contributed by atoms with Crippen LogP contribution in [0.5, 0.6) is 0 Å². The molecule has 0 radical (unpaired) electrons. The number of nitrogens with zero attached hydrogens (tertiary/aromatic N) is 2. The van der Waals surface area contributed by atoms with E-state index in [9.17, 15) is 4.79 Å². The Balaban J connectivity index is 2.02. The number of benzene rings is 1. The second-order valence-electron chi connectivity index (χ2n) is 5.33. The molecule has 104 valence electrons. The summed E-state index contributed by atoms with van der Waals surface area (Å²) in [6, 6.07) is 10.3. The standard InChI is InChI=1S/C16H24N2O/c1-3-18(13-14-9-5-4-6-10-14)16(19)15-11-7-8-12-17(15)2/h4-6,9-10,15H,3,7-8,11-13H2,1-2H3. The minimum absolute atomic E-state index is 0.0809. The highest BCUT2D eigenvalue weighted by Gasteiger charge is 2.28. The number of rotatable bonds is 4. The molecule has 19 heavy (non-hydrogen) atoms. The molecule has 1 aliphatic heterocycles. The third kappa shape index (κ3) is 3.57. The molecule has 1 amide bonds. The number of likely N-dealkylation sites (tertiary alicyclic amines) is 1. The van der Waals surface area contributed by atoms with Crippen molar-refractivity contribution in [1.29, 1.82) is 0 Å². The maximum atomic E-state index is 12.6. The van der Waals surface area contributed by atoms with E-state index in [1.165, 1.54) is 18.4 Å². The minimum atomic E-state index is 0.0809. The van der Waals surface area contributed by atoms with Gasteiger partial charge in [0.1, 0.15) is 0 Å². The predicted molar refractivity (Wildman–Crippen MR) is 77.8 cm³/mol. The van der Waals surface area contributed by atoms with Crippen LogP contribution in [0.4, 0.5) is 0 Å². The number of hydrogen-bond acceptors (Lipinski definition) is 2. The molecule has 1 aliphatic rings. The molecule has 3 heteroatoms. The molecule has 1 unspecified atom stereocenters. The molecule has 0 aromatic heterocycles. The highest BCUT2D eigenvalue weighted by molar-refractivity contribution is 5.82. The van der Waals surface area contributed by atoms with E-state index in [0.717, 1.165) is 26.1 Å². The average Bonchev–Trinajstić information content (AvgIpc) is 2.46. The van der Waals surface area contributed by atoms with Crippen LogP contribution in [0.1, 0.15) is 31.7 Å². The van der Waals surface area contributed by atoms with Gasteiger partial charge in [0, 0.05) is 13.1 Å². The second-order valence-corrected chi connectivity index (χ2v) is 5.33. The van der Waals surface area contributed by atoms with Gasteiger partial charge in [0.05, 0.1) is 6.04 Å². The summed E-state index contributed by atoms with van der Waals surface area (Å²) < 4.78 is 0. The summed E-state index contributed by atoms with van der Waals surface area (Å²) in [4.78, 5) is 16.8. The first-order valence-electron chi connectivity index (χ1n) is 7.25. The first-order chi connectivity index (χ1) is 9.22. The van der Waals surface area contributed by atoms with Gasteiger partial charge in [-0.3, -0.25) is 9.69 Å². The van der Waals surface area contributed by atoms with Crippen LogP contribution in [0, 0.1) is 0 Å². The molecule has 1 atom stereocenters. The van der Waals surface area contributed by atoms with E-state index < -0.39 is 0 Å². The summed E-state index contributed by atoms with van der Waals surface area (Å²) in [7, 11) is 2.07. The van der Waals surface area contributed by atoms with Gasteiger partial charge in [0.2, 0.25) is 5.91 Å². The van der Waals surface area contributed by atoms with Crippen molar-refractivity contribution >= 4 is 5.91 Å². The molecule has 1 aromatic carbocycles. The highest BCUT2D eigenvalue weighted by atomic mass is 16.2. The lowest BCUT2D eigenvalue weighted by Crippen LogP contribution is -2.49. The molecule has 0 N–H and O–H groups in total. The molecule has 0 saturated carbocycles. The number of likely N-dealkylation sites (N-methyl/N-ethyl adjacent to an activating group) is 2. The largest absolute Gasteiger partial charge is 0.337 e. The Labute approximate surface area is 116 Å². The van der Waals surface area contributed by atoms with Gasteiger partial charge >= 0.3 is 0 Å². The monoisotopic (exact) mass is 260 g/mol. The first kappa shape index (κ1) is 14.1. The fourth-order valence-corrected chi connectivity index (χ4v) is 2.75. The van der Waals surface area contributed by atoms with E-state index >= 15 is 0 Å². The normalized spacial score (nSPS) is 20.2. The van der Waals surface area contributed by atoms with E-state index in [-0.39, 0.29) is 11.9 Å². The van der Waals surface area contributed by atoms with Crippen LogP contribution >= 0.6 is 0 Å². The van der Waals surface area contributed by atoms with Gasteiger partial charge in [-0.1, -0.05) is 36.8 Å². The van der Waals surface area contributed by atoms with Crippen LogP contribution in [0.15, 0.2) is 30.3 Å². The number of piperidine rings is 1. The molecular weight excluding hydrogens is 236 g/mol. The van der Waals surface area contributed by atoms with Gasteiger partial charge in [-0.2, -0.15) is 0 Å². The summed E-state index contributed by atoms with van der Waals surface area (Å²) in [5.74, 6) is 0.286. The molecular formula is C16H24N2O. The summed E-state index contributed by atoms with van der Waals surface area (Å²) in [6.07, 6.45) is 3.38. The molecule has 0 bridgehead atoms. The van der Waals surface area contributed by atoms with E-state index in [1.54, 1.807) is 0 Å². The van der Waals surface area contributed by atoms with Crippen LogP contribution in [0.2, 0.25) is 0 Å². The van der Waals surface area contributed by atoms with Crippen molar-refractivity contribution in [1.82, 2.24) is 9.80 Å². The summed E-state index contributed by atoms with van der Waals surface area (Å²) >= 11 is 0. The number of amides is 1. The SMILES string of the molecule is CCN(Cc1ccccc1)C(=O)C1CCCCN1C. The quantitative estimate of drug-likeness (QED) is 0.830. The van der Waals surface area contributed by atoms with E-state index in [4.69, 9.17) is 0 Å². The van der Waals surface area contributed by atoms with Gasteiger partial charge in [0.15, 0.2) is 0 Å². The molecule has 1 aromatic rings. The van der Waals surface area contributed by atoms with Crippen molar-refractivity contribution < 1.29 is 4.79 Å². The predicted octanol–water partition coefficient (Wildman–Crippen LogP) is 2.52. The van der Waals surface area contributed by atoms with Crippen LogP contribution < -0.4 is 0 Å². The Hall–Kier alpha value is -1.35. The molecule has 1 fully saturated rings. The zero-order valence-electron chi connectivity index (χ0n) is 12.0. The maximum absolute atomic E-state index is 12.6. The van der Waals surface area contributed by atoms with Gasteiger partial charge in [-0.15, -0.1) is 0 Å². The van der Waals surface area contributed by atoms with Crippen LogP contribution in [-0.2, 0) is 11.3 Å².